The summed E-state index contributed by atoms with van der Waals surface area (Å²) in [6, 6.07) is 10.1. The van der Waals surface area contributed by atoms with Gasteiger partial charge in [-0.1, -0.05) is 56.5 Å². The summed E-state index contributed by atoms with van der Waals surface area (Å²) in [5.41, 5.74) is 3.53. The average Bonchev–Trinajstić information content (AvgIpc) is 2.83. The van der Waals surface area contributed by atoms with E-state index in [0.29, 0.717) is 0 Å². The third-order valence-corrected chi connectivity index (χ3v) is 6.10. The minimum Gasteiger partial charge on any atom is -0.458 e. The van der Waals surface area contributed by atoms with Crippen molar-refractivity contribution in [1.82, 2.24) is 0 Å². The highest BCUT2D eigenvalue weighted by atomic mass is 16.5. The van der Waals surface area contributed by atoms with E-state index < -0.39 is 0 Å². The van der Waals surface area contributed by atoms with Crippen molar-refractivity contribution in [3.63, 3.8) is 0 Å². The van der Waals surface area contributed by atoms with Crippen LogP contribution in [0.25, 0.3) is 5.57 Å². The van der Waals surface area contributed by atoms with E-state index >= 15 is 0 Å². The van der Waals surface area contributed by atoms with Crippen LogP contribution < -0.4 is 0 Å². The van der Waals surface area contributed by atoms with Crippen LogP contribution >= 0.6 is 0 Å². The molecule has 2 heteroatoms. The molecule has 2 fully saturated rings. The van der Waals surface area contributed by atoms with Gasteiger partial charge in [0.15, 0.2) is 0 Å². The highest BCUT2D eigenvalue weighted by Crippen LogP contribution is 2.67. The maximum absolute atomic E-state index is 12.6. The van der Waals surface area contributed by atoms with Crippen LogP contribution in [0, 0.1) is 11.3 Å². The highest BCUT2D eigenvalue weighted by Gasteiger charge is 2.63. The molecule has 4 rings (SSSR count). The molecule has 1 unspecified atom stereocenters. The Hall–Kier alpha value is -1.57. The van der Waals surface area contributed by atoms with Gasteiger partial charge in [-0.05, 0) is 42.7 Å². The van der Waals surface area contributed by atoms with Gasteiger partial charge in [0.2, 0.25) is 0 Å². The summed E-state index contributed by atoms with van der Waals surface area (Å²) in [6.07, 6.45) is 8.55. The van der Waals surface area contributed by atoms with Crippen LogP contribution in [-0.2, 0) is 9.53 Å². The van der Waals surface area contributed by atoms with Gasteiger partial charge in [-0.3, -0.25) is 0 Å². The second kappa shape index (κ2) is 5.26. The molecule has 3 aliphatic rings. The summed E-state index contributed by atoms with van der Waals surface area (Å²) >= 11 is 0. The van der Waals surface area contributed by atoms with Crippen LogP contribution in [0.1, 0.15) is 57.4 Å². The van der Waals surface area contributed by atoms with Gasteiger partial charge in [0.05, 0.1) is 5.57 Å². The van der Waals surface area contributed by atoms with Crippen molar-refractivity contribution in [2.45, 2.75) is 58.0 Å². The highest BCUT2D eigenvalue weighted by molar-refractivity contribution is 6.19. The number of esters is 1. The second-order valence-electron chi connectivity index (χ2n) is 7.09. The molecule has 0 N–H and O–H groups in total. The molecule has 1 aromatic carbocycles. The first-order chi connectivity index (χ1) is 10.8. The lowest BCUT2D eigenvalue weighted by atomic mass is 9.53. The average molecular weight is 296 g/mol. The largest absolute Gasteiger partial charge is 0.458 e. The van der Waals surface area contributed by atoms with E-state index in [1.807, 2.05) is 30.3 Å². The van der Waals surface area contributed by atoms with Crippen molar-refractivity contribution in [3.8, 4) is 0 Å². The molecule has 0 bridgehead atoms. The van der Waals surface area contributed by atoms with E-state index in [4.69, 9.17) is 4.74 Å². The van der Waals surface area contributed by atoms with Gasteiger partial charge in [0.25, 0.3) is 0 Å². The summed E-state index contributed by atoms with van der Waals surface area (Å²) < 4.78 is 5.92. The quantitative estimate of drug-likeness (QED) is 0.579. The van der Waals surface area contributed by atoms with E-state index in [2.05, 4.69) is 6.92 Å². The van der Waals surface area contributed by atoms with Crippen molar-refractivity contribution in [3.05, 3.63) is 41.5 Å². The topological polar surface area (TPSA) is 26.3 Å². The van der Waals surface area contributed by atoms with Crippen LogP contribution in [-0.4, -0.2) is 12.1 Å². The zero-order valence-electron chi connectivity index (χ0n) is 13.3. The molecule has 2 saturated carbocycles. The Morgan fingerprint density at radius 3 is 2.77 bits per heavy atom. The van der Waals surface area contributed by atoms with Gasteiger partial charge in [-0.2, -0.15) is 0 Å². The molecule has 116 valence electrons. The van der Waals surface area contributed by atoms with Crippen molar-refractivity contribution < 1.29 is 9.53 Å². The van der Waals surface area contributed by atoms with E-state index in [1.54, 1.807) is 0 Å². The van der Waals surface area contributed by atoms with Crippen LogP contribution in [0.4, 0.5) is 0 Å². The Kier molecular flexibility index (Phi) is 3.36. The molecule has 0 saturated heterocycles. The molecule has 0 spiro atoms. The maximum Gasteiger partial charge on any atom is 0.339 e. The number of hydrogen-bond donors (Lipinski definition) is 0. The summed E-state index contributed by atoms with van der Waals surface area (Å²) in [5.74, 6) is 0.661. The number of carbonyl (C=O) groups is 1. The molecule has 2 nitrogen and oxygen atoms in total. The lowest BCUT2D eigenvalue weighted by Gasteiger charge is -2.54. The van der Waals surface area contributed by atoms with Gasteiger partial charge >= 0.3 is 5.97 Å². The van der Waals surface area contributed by atoms with Gasteiger partial charge in [-0.25, -0.2) is 4.79 Å². The van der Waals surface area contributed by atoms with Crippen molar-refractivity contribution >= 4 is 11.5 Å². The number of ether oxygens (including phenoxy) is 1. The normalized spacial score (nSPS) is 32.5. The Bertz CT molecular complexity index is 616. The predicted molar refractivity (Wildman–Crippen MR) is 87.2 cm³/mol. The van der Waals surface area contributed by atoms with Gasteiger partial charge in [0.1, 0.15) is 6.10 Å². The van der Waals surface area contributed by atoms with E-state index in [0.717, 1.165) is 29.9 Å². The smallest absolute Gasteiger partial charge is 0.339 e. The fourth-order valence-electron chi connectivity index (χ4n) is 5.05. The molecule has 3 atom stereocenters. The number of hydrogen-bond acceptors (Lipinski definition) is 2. The van der Waals surface area contributed by atoms with Crippen LogP contribution in [0.15, 0.2) is 35.9 Å². The molecular weight excluding hydrogens is 272 g/mol. The number of rotatable bonds is 5. The number of carbonyl (C=O) groups excluding carboxylic acids is 1. The Morgan fingerprint density at radius 1 is 1.18 bits per heavy atom. The molecule has 2 aliphatic carbocycles. The first-order valence-corrected chi connectivity index (χ1v) is 8.77. The minimum atomic E-state index is -0.0855. The molecule has 0 radical (unpaired) electrons. The molecule has 1 aliphatic heterocycles. The second-order valence-corrected chi connectivity index (χ2v) is 7.09. The molecule has 1 heterocycles. The van der Waals surface area contributed by atoms with Gasteiger partial charge < -0.3 is 4.74 Å². The Morgan fingerprint density at radius 2 is 2.00 bits per heavy atom. The molecular formula is C20H24O2. The van der Waals surface area contributed by atoms with Crippen molar-refractivity contribution in [2.24, 2.45) is 11.3 Å². The zero-order valence-corrected chi connectivity index (χ0v) is 13.3. The van der Waals surface area contributed by atoms with E-state index in [-0.39, 0.29) is 17.5 Å². The van der Waals surface area contributed by atoms with Crippen LogP contribution in [0.3, 0.4) is 0 Å². The zero-order chi connectivity index (χ0) is 15.2. The Balaban J connectivity index is 1.76. The van der Waals surface area contributed by atoms with Gasteiger partial charge in [0, 0.05) is 5.41 Å². The monoisotopic (exact) mass is 296 g/mol. The fraction of sp³-hybridized carbons (Fsp3) is 0.550. The first kappa shape index (κ1) is 14.0. The van der Waals surface area contributed by atoms with E-state index in [1.165, 1.54) is 37.7 Å². The minimum absolute atomic E-state index is 0.0855. The third kappa shape index (κ3) is 1.82. The Labute approximate surface area is 132 Å². The standard InChI is InChI=1S/C20H24O2/c1-2-3-7-12-20-15-10-11-17(20)22-19(21)18(16(20)13-15)14-8-5-4-6-9-14/h4-6,8-9,15,17H,2-3,7,10-13H2,1H3/t15-,17-,20?/m1/s1. The third-order valence-electron chi connectivity index (χ3n) is 6.10. The summed E-state index contributed by atoms with van der Waals surface area (Å²) in [4.78, 5) is 12.6. The SMILES string of the molecule is CCCCCC12C3=C(c4ccccc4)C(=O)O[C@@H]1CC[C@@H]2C3. The van der Waals surface area contributed by atoms with Crippen LogP contribution in [0.5, 0.6) is 0 Å². The molecule has 0 aromatic heterocycles. The van der Waals surface area contributed by atoms with Gasteiger partial charge in [-0.15, -0.1) is 0 Å². The number of benzene rings is 1. The maximum atomic E-state index is 12.6. The number of unbranched alkanes of at least 4 members (excludes halogenated alkanes) is 2. The molecule has 22 heavy (non-hydrogen) atoms. The van der Waals surface area contributed by atoms with Crippen molar-refractivity contribution in [2.75, 3.05) is 0 Å². The molecule has 0 amide bonds. The fourth-order valence-corrected chi connectivity index (χ4v) is 5.05. The summed E-state index contributed by atoms with van der Waals surface area (Å²) in [7, 11) is 0. The molecule has 1 aromatic rings. The lowest BCUT2D eigenvalue weighted by molar-refractivity contribution is -0.152. The predicted octanol–water partition coefficient (Wildman–Crippen LogP) is 4.75. The lowest BCUT2D eigenvalue weighted by Crippen LogP contribution is -2.51. The summed E-state index contributed by atoms with van der Waals surface area (Å²) in [6.45, 7) is 2.25. The summed E-state index contributed by atoms with van der Waals surface area (Å²) in [5, 5.41) is 0. The van der Waals surface area contributed by atoms with Crippen LogP contribution in [0.2, 0.25) is 0 Å². The van der Waals surface area contributed by atoms with Crippen molar-refractivity contribution in [1.29, 1.82) is 0 Å². The van der Waals surface area contributed by atoms with E-state index in [9.17, 15) is 4.79 Å². The first-order valence-electron chi connectivity index (χ1n) is 8.77.